The molecule has 0 aliphatic rings. The Morgan fingerprint density at radius 3 is 2.48 bits per heavy atom. The minimum atomic E-state index is -0.474. The summed E-state index contributed by atoms with van der Waals surface area (Å²) in [4.78, 5) is 24.8. The molecule has 0 aliphatic carbocycles. The van der Waals surface area contributed by atoms with Crippen molar-refractivity contribution in [3.8, 4) is 0 Å². The molecular weight excluding hydrogens is 368 g/mol. The fraction of sp³-hybridized carbons (Fsp3) is 0.238. The number of nitrogens with zero attached hydrogens (tertiary/aromatic N) is 3. The number of hydrogen-bond donors (Lipinski definition) is 3. The Kier molecular flexibility index (Phi) is 5.92. The lowest BCUT2D eigenvalue weighted by Crippen LogP contribution is -2.21. The molecule has 0 unspecified atom stereocenters. The van der Waals surface area contributed by atoms with Gasteiger partial charge in [0, 0.05) is 11.4 Å². The van der Waals surface area contributed by atoms with Gasteiger partial charge in [0.1, 0.15) is 6.54 Å². The van der Waals surface area contributed by atoms with Crippen molar-refractivity contribution in [3.05, 3.63) is 64.8 Å². The molecule has 2 aromatic carbocycles. The summed E-state index contributed by atoms with van der Waals surface area (Å²) in [5.41, 5.74) is 10.5. The van der Waals surface area contributed by atoms with Crippen LogP contribution in [0.25, 0.3) is 0 Å². The predicted molar refractivity (Wildman–Crippen MR) is 113 cm³/mol. The van der Waals surface area contributed by atoms with Crippen LogP contribution < -0.4 is 16.4 Å². The Balaban J connectivity index is 1.67. The maximum atomic E-state index is 12.5. The van der Waals surface area contributed by atoms with E-state index in [-0.39, 0.29) is 24.0 Å². The zero-order chi connectivity index (χ0) is 21.0. The van der Waals surface area contributed by atoms with Gasteiger partial charge in [0.05, 0.1) is 0 Å². The van der Waals surface area contributed by atoms with Gasteiger partial charge in [0.2, 0.25) is 5.91 Å². The molecule has 0 saturated heterocycles. The molecule has 0 radical (unpaired) electrons. The van der Waals surface area contributed by atoms with Gasteiger partial charge in [-0.2, -0.15) is 0 Å². The molecule has 29 heavy (non-hydrogen) atoms. The van der Waals surface area contributed by atoms with Gasteiger partial charge >= 0.3 is 0 Å². The highest BCUT2D eigenvalue weighted by Crippen LogP contribution is 2.18. The van der Waals surface area contributed by atoms with Crippen molar-refractivity contribution < 1.29 is 9.59 Å². The van der Waals surface area contributed by atoms with E-state index in [0.717, 1.165) is 17.5 Å². The SMILES string of the molecule is CCc1ccc(NC(=O)Cn2nnc(C(=O)Nc3cc(C)ccc3C)c2N)cc1. The van der Waals surface area contributed by atoms with Gasteiger partial charge in [-0.05, 0) is 55.2 Å². The van der Waals surface area contributed by atoms with Gasteiger partial charge in [-0.25, -0.2) is 4.68 Å². The molecule has 8 nitrogen and oxygen atoms in total. The highest BCUT2D eigenvalue weighted by Gasteiger charge is 2.19. The molecule has 1 heterocycles. The van der Waals surface area contributed by atoms with Crippen molar-refractivity contribution in [3.63, 3.8) is 0 Å². The number of anilines is 3. The van der Waals surface area contributed by atoms with E-state index in [0.29, 0.717) is 11.4 Å². The minimum Gasteiger partial charge on any atom is -0.382 e. The predicted octanol–water partition coefficient (Wildman–Crippen LogP) is 2.93. The summed E-state index contributed by atoms with van der Waals surface area (Å²) in [7, 11) is 0. The van der Waals surface area contributed by atoms with Crippen LogP contribution in [0.4, 0.5) is 17.2 Å². The van der Waals surface area contributed by atoms with E-state index in [1.54, 1.807) is 0 Å². The first-order chi connectivity index (χ1) is 13.9. The molecule has 0 fully saturated rings. The summed E-state index contributed by atoms with van der Waals surface area (Å²) < 4.78 is 1.20. The van der Waals surface area contributed by atoms with Crippen molar-refractivity contribution in [2.24, 2.45) is 0 Å². The van der Waals surface area contributed by atoms with E-state index >= 15 is 0 Å². The first kappa shape index (κ1) is 20.1. The summed E-state index contributed by atoms with van der Waals surface area (Å²) in [6.45, 7) is 5.75. The summed E-state index contributed by atoms with van der Waals surface area (Å²) in [6, 6.07) is 13.3. The number of nitrogens with two attached hydrogens (primary N) is 1. The van der Waals surface area contributed by atoms with E-state index in [1.165, 1.54) is 10.2 Å². The van der Waals surface area contributed by atoms with Crippen LogP contribution in [0, 0.1) is 13.8 Å². The highest BCUT2D eigenvalue weighted by atomic mass is 16.2. The molecule has 4 N–H and O–H groups in total. The smallest absolute Gasteiger partial charge is 0.280 e. The van der Waals surface area contributed by atoms with Crippen molar-refractivity contribution in [1.82, 2.24) is 15.0 Å². The van der Waals surface area contributed by atoms with Crippen LogP contribution in [0.15, 0.2) is 42.5 Å². The number of aryl methyl sites for hydroxylation is 3. The van der Waals surface area contributed by atoms with E-state index in [1.807, 2.05) is 56.3 Å². The van der Waals surface area contributed by atoms with Gasteiger partial charge in [-0.1, -0.05) is 36.4 Å². The second-order valence-electron chi connectivity index (χ2n) is 6.85. The Bertz CT molecular complexity index is 1040. The standard InChI is InChI=1S/C21H24N6O2/c1-4-15-7-9-16(10-8-15)23-18(28)12-27-20(22)19(25-26-27)21(29)24-17-11-13(2)5-6-14(17)3/h5-11H,4,12,22H2,1-3H3,(H,23,28)(H,24,29). The third-order valence-corrected chi connectivity index (χ3v) is 4.57. The Labute approximate surface area is 169 Å². The van der Waals surface area contributed by atoms with Crippen molar-refractivity contribution in [2.75, 3.05) is 16.4 Å². The largest absolute Gasteiger partial charge is 0.382 e. The fourth-order valence-corrected chi connectivity index (χ4v) is 2.81. The normalized spacial score (nSPS) is 10.6. The number of nitrogen functional groups attached to an aromatic ring is 1. The van der Waals surface area contributed by atoms with E-state index < -0.39 is 5.91 Å². The number of aromatic nitrogens is 3. The zero-order valence-electron chi connectivity index (χ0n) is 16.7. The molecule has 0 spiro atoms. The number of amides is 2. The molecular formula is C21H24N6O2. The number of nitrogens with one attached hydrogen (secondary N) is 2. The maximum absolute atomic E-state index is 12.5. The topological polar surface area (TPSA) is 115 Å². The first-order valence-electron chi connectivity index (χ1n) is 9.33. The molecule has 3 aromatic rings. The van der Waals surface area contributed by atoms with Crippen LogP contribution in [0.2, 0.25) is 0 Å². The number of hydrogen-bond acceptors (Lipinski definition) is 5. The van der Waals surface area contributed by atoms with Crippen molar-refractivity contribution >= 4 is 29.0 Å². The zero-order valence-corrected chi connectivity index (χ0v) is 16.7. The Morgan fingerprint density at radius 2 is 1.79 bits per heavy atom. The van der Waals surface area contributed by atoms with Gasteiger partial charge < -0.3 is 16.4 Å². The molecule has 2 amide bonds. The van der Waals surface area contributed by atoms with Gasteiger partial charge in [0.15, 0.2) is 11.5 Å². The highest BCUT2D eigenvalue weighted by molar-refractivity contribution is 6.06. The number of benzene rings is 2. The molecule has 0 saturated carbocycles. The second-order valence-corrected chi connectivity index (χ2v) is 6.85. The van der Waals surface area contributed by atoms with Crippen LogP contribution in [-0.4, -0.2) is 26.8 Å². The van der Waals surface area contributed by atoms with Crippen LogP contribution in [0.5, 0.6) is 0 Å². The van der Waals surface area contributed by atoms with Crippen LogP contribution in [0.1, 0.15) is 34.1 Å². The van der Waals surface area contributed by atoms with Gasteiger partial charge in [-0.3, -0.25) is 9.59 Å². The molecule has 0 atom stereocenters. The lowest BCUT2D eigenvalue weighted by Gasteiger charge is -2.09. The van der Waals surface area contributed by atoms with Crippen LogP contribution >= 0.6 is 0 Å². The first-order valence-corrected chi connectivity index (χ1v) is 9.33. The lowest BCUT2D eigenvalue weighted by molar-refractivity contribution is -0.116. The average Bonchev–Trinajstić information content (AvgIpc) is 3.05. The Hall–Kier alpha value is -3.68. The molecule has 8 heteroatoms. The van der Waals surface area contributed by atoms with E-state index in [9.17, 15) is 9.59 Å². The summed E-state index contributed by atoms with van der Waals surface area (Å²) in [5, 5.41) is 13.3. The third-order valence-electron chi connectivity index (χ3n) is 4.57. The minimum absolute atomic E-state index is 0.0222. The quantitative estimate of drug-likeness (QED) is 0.597. The monoisotopic (exact) mass is 392 g/mol. The Morgan fingerprint density at radius 1 is 1.07 bits per heavy atom. The summed E-state index contributed by atoms with van der Waals surface area (Å²) >= 11 is 0. The van der Waals surface area contributed by atoms with Crippen LogP contribution in [0.3, 0.4) is 0 Å². The van der Waals surface area contributed by atoms with Crippen LogP contribution in [-0.2, 0) is 17.8 Å². The van der Waals surface area contributed by atoms with Crippen molar-refractivity contribution in [2.45, 2.75) is 33.7 Å². The van der Waals surface area contributed by atoms with E-state index in [4.69, 9.17) is 5.73 Å². The summed E-state index contributed by atoms with van der Waals surface area (Å²) in [5.74, 6) is -0.755. The molecule has 0 bridgehead atoms. The third kappa shape index (κ3) is 4.78. The molecule has 150 valence electrons. The summed E-state index contributed by atoms with van der Waals surface area (Å²) in [6.07, 6.45) is 0.927. The number of rotatable bonds is 6. The van der Waals surface area contributed by atoms with E-state index in [2.05, 4.69) is 27.9 Å². The molecule has 0 aliphatic heterocycles. The van der Waals surface area contributed by atoms with Gasteiger partial charge in [0.25, 0.3) is 5.91 Å². The number of carbonyl (C=O) groups is 2. The fourth-order valence-electron chi connectivity index (χ4n) is 2.81. The second kappa shape index (κ2) is 8.55. The lowest BCUT2D eigenvalue weighted by atomic mass is 10.1. The van der Waals surface area contributed by atoms with Crippen molar-refractivity contribution in [1.29, 1.82) is 0 Å². The number of carbonyl (C=O) groups excluding carboxylic acids is 2. The molecule has 3 rings (SSSR count). The average molecular weight is 392 g/mol. The van der Waals surface area contributed by atoms with Gasteiger partial charge in [-0.15, -0.1) is 5.10 Å². The molecule has 1 aromatic heterocycles. The maximum Gasteiger partial charge on any atom is 0.280 e.